The predicted molar refractivity (Wildman–Crippen MR) is 133 cm³/mol. The molecule has 0 atom stereocenters. The molecule has 4 rings (SSSR count). The van der Waals surface area contributed by atoms with Gasteiger partial charge in [-0.25, -0.2) is 13.1 Å². The minimum absolute atomic E-state index is 0.0834. The number of rotatable bonds is 9. The summed E-state index contributed by atoms with van der Waals surface area (Å²) in [6.45, 7) is 0.0517. The molecule has 0 aliphatic heterocycles. The van der Waals surface area contributed by atoms with Crippen molar-refractivity contribution in [3.05, 3.63) is 86.2 Å². The number of thiophene rings is 1. The summed E-state index contributed by atoms with van der Waals surface area (Å²) in [4.78, 5) is 25.0. The van der Waals surface area contributed by atoms with Crippen LogP contribution >= 0.6 is 22.9 Å². The molecular formula is C22H20ClN5O5S2. The first-order chi connectivity index (χ1) is 16.7. The topological polar surface area (TPSA) is 125 Å². The van der Waals surface area contributed by atoms with Crippen molar-refractivity contribution in [1.29, 1.82) is 0 Å². The van der Waals surface area contributed by atoms with E-state index in [4.69, 9.17) is 16.3 Å². The zero-order valence-corrected chi connectivity index (χ0v) is 20.8. The van der Waals surface area contributed by atoms with E-state index < -0.39 is 9.84 Å². The number of pyridine rings is 1. The highest BCUT2D eigenvalue weighted by Gasteiger charge is 2.14. The Morgan fingerprint density at radius 3 is 2.74 bits per heavy atom. The number of carbonyl (C=O) groups excluding carboxylic acids is 1. The Hall–Kier alpha value is -3.48. The fourth-order valence-corrected chi connectivity index (χ4v) is 4.44. The Morgan fingerprint density at radius 2 is 2.03 bits per heavy atom. The maximum atomic E-state index is 12.2. The number of nitrogens with one attached hydrogen (secondary N) is 1. The lowest BCUT2D eigenvalue weighted by atomic mass is 10.2. The van der Waals surface area contributed by atoms with Crippen molar-refractivity contribution in [2.24, 2.45) is 0 Å². The first-order valence-electron chi connectivity index (χ1n) is 10.3. The molecule has 1 amide bonds. The number of aromatic nitrogens is 4. The zero-order chi connectivity index (χ0) is 25.0. The second-order valence-corrected chi connectivity index (χ2v) is 11.5. The van der Waals surface area contributed by atoms with E-state index in [9.17, 15) is 18.0 Å². The van der Waals surface area contributed by atoms with Gasteiger partial charge in [0.15, 0.2) is 9.84 Å². The quantitative estimate of drug-likeness (QED) is 0.350. The molecule has 0 saturated heterocycles. The maximum Gasteiger partial charge on any atom is 0.261 e. The van der Waals surface area contributed by atoms with Crippen LogP contribution in [0.4, 0.5) is 0 Å². The second-order valence-electron chi connectivity index (χ2n) is 7.48. The summed E-state index contributed by atoms with van der Waals surface area (Å²) in [5.41, 5.74) is 1.29. The van der Waals surface area contributed by atoms with Crippen LogP contribution in [0.2, 0.25) is 4.34 Å². The number of nitrogens with zero attached hydrogens (tertiary/aromatic N) is 4. The summed E-state index contributed by atoms with van der Waals surface area (Å²) < 4.78 is 32.3. The summed E-state index contributed by atoms with van der Waals surface area (Å²) in [6.07, 6.45) is 4.36. The molecule has 0 radical (unpaired) electrons. The number of hydrogen-bond donors (Lipinski definition) is 1. The normalized spacial score (nSPS) is 11.4. The number of carbonyl (C=O) groups is 1. The molecule has 35 heavy (non-hydrogen) atoms. The van der Waals surface area contributed by atoms with E-state index in [1.54, 1.807) is 54.9 Å². The average Bonchev–Trinajstić information content (AvgIpc) is 3.46. The molecular weight excluding hydrogens is 514 g/mol. The van der Waals surface area contributed by atoms with Crippen LogP contribution in [-0.4, -0.2) is 52.5 Å². The Morgan fingerprint density at radius 1 is 1.20 bits per heavy atom. The molecule has 4 aromatic rings. The number of hydrogen-bond acceptors (Lipinski definition) is 8. The number of benzene rings is 1. The highest BCUT2D eigenvalue weighted by atomic mass is 35.5. The third-order valence-corrected chi connectivity index (χ3v) is 6.91. The first kappa shape index (κ1) is 24.6. The van der Waals surface area contributed by atoms with Gasteiger partial charge in [0.1, 0.15) is 23.7 Å². The number of amides is 1. The molecule has 10 nitrogen and oxygen atoms in total. The van der Waals surface area contributed by atoms with Gasteiger partial charge in [0, 0.05) is 24.6 Å². The molecule has 1 N–H and O–H groups in total. The number of sulfone groups is 1. The average molecular weight is 534 g/mol. The molecule has 0 aliphatic rings. The lowest BCUT2D eigenvalue weighted by Gasteiger charge is -2.13. The Kier molecular flexibility index (Phi) is 7.34. The van der Waals surface area contributed by atoms with Gasteiger partial charge in [0.2, 0.25) is 0 Å². The number of ether oxygens (including phenoxy) is 1. The molecule has 0 spiro atoms. The van der Waals surface area contributed by atoms with Crippen molar-refractivity contribution in [2.45, 2.75) is 6.54 Å². The van der Waals surface area contributed by atoms with E-state index in [1.807, 2.05) is 0 Å². The fraction of sp³-hybridized carbons (Fsp3) is 0.182. The van der Waals surface area contributed by atoms with E-state index in [-0.39, 0.29) is 30.4 Å². The minimum Gasteiger partial charge on any atom is -0.490 e. The highest BCUT2D eigenvalue weighted by Crippen LogP contribution is 2.26. The van der Waals surface area contributed by atoms with Crippen LogP contribution in [0, 0.1) is 0 Å². The van der Waals surface area contributed by atoms with Crippen LogP contribution in [0.5, 0.6) is 5.75 Å². The Balaban J connectivity index is 1.58. The summed E-state index contributed by atoms with van der Waals surface area (Å²) in [7, 11) is -3.24. The predicted octanol–water partition coefficient (Wildman–Crippen LogP) is 2.49. The number of halogens is 1. The van der Waals surface area contributed by atoms with Crippen LogP contribution in [0.3, 0.4) is 0 Å². The van der Waals surface area contributed by atoms with Crippen LogP contribution < -0.4 is 15.6 Å². The summed E-state index contributed by atoms with van der Waals surface area (Å²) in [5, 5.41) is 11.0. The van der Waals surface area contributed by atoms with E-state index >= 15 is 0 Å². The molecule has 1 aromatic carbocycles. The monoisotopic (exact) mass is 533 g/mol. The molecule has 0 aliphatic carbocycles. The molecule has 3 aromatic heterocycles. The van der Waals surface area contributed by atoms with E-state index in [0.717, 1.165) is 6.26 Å². The van der Waals surface area contributed by atoms with Gasteiger partial charge in [-0.05, 0) is 30.3 Å². The lowest BCUT2D eigenvalue weighted by Crippen LogP contribution is -2.21. The zero-order valence-electron chi connectivity index (χ0n) is 18.4. The summed E-state index contributed by atoms with van der Waals surface area (Å²) >= 11 is 7.05. The van der Waals surface area contributed by atoms with Crippen molar-refractivity contribution >= 4 is 38.7 Å². The Bertz CT molecular complexity index is 1530. The summed E-state index contributed by atoms with van der Waals surface area (Å²) in [5.74, 6) is -0.141. The van der Waals surface area contributed by atoms with Gasteiger partial charge in [-0.1, -0.05) is 22.9 Å². The SMILES string of the molecule is CS(=O)(=O)CCOc1cc(-n2ccccc2=O)ccc1-n1cc(CNC(=O)c2ccc(Cl)s2)nn1. The van der Waals surface area contributed by atoms with Crippen molar-refractivity contribution in [1.82, 2.24) is 24.9 Å². The van der Waals surface area contributed by atoms with Gasteiger partial charge in [-0.15, -0.1) is 16.4 Å². The van der Waals surface area contributed by atoms with E-state index in [2.05, 4.69) is 15.6 Å². The highest BCUT2D eigenvalue weighted by molar-refractivity contribution is 7.90. The van der Waals surface area contributed by atoms with Gasteiger partial charge in [-0.2, -0.15) is 0 Å². The van der Waals surface area contributed by atoms with Crippen molar-refractivity contribution < 1.29 is 17.9 Å². The fourth-order valence-electron chi connectivity index (χ4n) is 3.09. The van der Waals surface area contributed by atoms with Gasteiger partial charge in [0.25, 0.3) is 11.5 Å². The lowest BCUT2D eigenvalue weighted by molar-refractivity contribution is 0.0954. The van der Waals surface area contributed by atoms with Crippen molar-refractivity contribution in [3.63, 3.8) is 0 Å². The molecule has 13 heteroatoms. The van der Waals surface area contributed by atoms with E-state index in [0.29, 0.717) is 32.0 Å². The molecule has 0 unspecified atom stereocenters. The van der Waals surface area contributed by atoms with Crippen LogP contribution in [-0.2, 0) is 16.4 Å². The largest absolute Gasteiger partial charge is 0.490 e. The van der Waals surface area contributed by atoms with Gasteiger partial charge >= 0.3 is 0 Å². The molecule has 0 bridgehead atoms. The molecule has 182 valence electrons. The molecule has 3 heterocycles. The smallest absolute Gasteiger partial charge is 0.261 e. The van der Waals surface area contributed by atoms with Crippen LogP contribution in [0.15, 0.2) is 65.7 Å². The van der Waals surface area contributed by atoms with E-state index in [1.165, 1.54) is 26.7 Å². The summed E-state index contributed by atoms with van der Waals surface area (Å²) in [6, 6.07) is 13.1. The van der Waals surface area contributed by atoms with Gasteiger partial charge in [-0.3, -0.25) is 14.2 Å². The minimum atomic E-state index is -3.24. The van der Waals surface area contributed by atoms with Crippen molar-refractivity contribution in [2.75, 3.05) is 18.6 Å². The van der Waals surface area contributed by atoms with Crippen LogP contribution in [0.1, 0.15) is 15.4 Å². The van der Waals surface area contributed by atoms with Gasteiger partial charge in [0.05, 0.1) is 33.4 Å². The Labute approximate surface area is 209 Å². The van der Waals surface area contributed by atoms with Gasteiger partial charge < -0.3 is 10.1 Å². The second kappa shape index (κ2) is 10.4. The van der Waals surface area contributed by atoms with Crippen LogP contribution in [0.25, 0.3) is 11.4 Å². The molecule has 0 fully saturated rings. The maximum absolute atomic E-state index is 12.2. The first-order valence-corrected chi connectivity index (χ1v) is 13.5. The molecule has 0 saturated carbocycles. The standard InChI is InChI=1S/C22H20ClN5O5S2/c1-35(31,32)11-10-33-18-12-16(27-9-3-2-4-21(27)29)5-6-17(18)28-14-15(25-26-28)13-24-22(30)19-7-8-20(23)34-19/h2-9,12,14H,10-11,13H2,1H3,(H,24,30). The third kappa shape index (κ3) is 6.35. The third-order valence-electron chi connectivity index (χ3n) is 4.77. The van der Waals surface area contributed by atoms with Crippen molar-refractivity contribution in [3.8, 4) is 17.1 Å².